The van der Waals surface area contributed by atoms with Crippen molar-refractivity contribution in [3.8, 4) is 0 Å². The third-order valence-electron chi connectivity index (χ3n) is 3.62. The summed E-state index contributed by atoms with van der Waals surface area (Å²) >= 11 is 0. The Morgan fingerprint density at radius 3 is 2.62 bits per heavy atom. The predicted octanol–water partition coefficient (Wildman–Crippen LogP) is 1.34. The Morgan fingerprint density at radius 1 is 1.46 bits per heavy atom. The molecule has 0 bridgehead atoms. The maximum absolute atomic E-state index is 11.1. The topological polar surface area (TPSA) is 40.5 Å². The van der Waals surface area contributed by atoms with Gasteiger partial charge in [0.15, 0.2) is 0 Å². The van der Waals surface area contributed by atoms with Gasteiger partial charge >= 0.3 is 5.97 Å². The maximum Gasteiger partial charge on any atom is 0.311 e. The summed E-state index contributed by atoms with van der Waals surface area (Å²) in [7, 11) is 2.06. The van der Waals surface area contributed by atoms with Crippen LogP contribution in [0.5, 0.6) is 0 Å². The Labute approximate surface area is 78.7 Å². The Balaban J connectivity index is 2.10. The van der Waals surface area contributed by atoms with E-state index in [0.29, 0.717) is 6.04 Å². The van der Waals surface area contributed by atoms with Gasteiger partial charge in [-0.1, -0.05) is 6.42 Å². The normalized spacial score (nSPS) is 32.8. The van der Waals surface area contributed by atoms with Crippen LogP contribution in [-0.2, 0) is 4.79 Å². The molecule has 1 saturated carbocycles. The van der Waals surface area contributed by atoms with Gasteiger partial charge in [-0.3, -0.25) is 4.79 Å². The third kappa shape index (κ3) is 1.35. The fourth-order valence-electron chi connectivity index (χ4n) is 2.60. The zero-order valence-corrected chi connectivity index (χ0v) is 8.12. The number of rotatable bonds is 2. The van der Waals surface area contributed by atoms with Crippen molar-refractivity contribution < 1.29 is 9.90 Å². The Bertz CT molecular complexity index is 223. The van der Waals surface area contributed by atoms with Crippen molar-refractivity contribution in [3.63, 3.8) is 0 Å². The summed E-state index contributed by atoms with van der Waals surface area (Å²) in [5, 5.41) is 9.15. The van der Waals surface area contributed by atoms with Gasteiger partial charge in [0.05, 0.1) is 5.41 Å². The Morgan fingerprint density at radius 2 is 2.15 bits per heavy atom. The van der Waals surface area contributed by atoms with Crippen LogP contribution in [0.1, 0.15) is 32.1 Å². The average molecular weight is 183 g/mol. The standard InChI is InChI=1S/C10H17NO2/c1-11-7-3-2-4-8(11)10(5-6-10)9(12)13/h8H,2-7H2,1H3,(H,12,13). The first-order chi connectivity index (χ1) is 6.17. The Kier molecular flexibility index (Phi) is 2.06. The second-order valence-electron chi connectivity index (χ2n) is 4.45. The first-order valence-corrected chi connectivity index (χ1v) is 5.10. The van der Waals surface area contributed by atoms with E-state index in [2.05, 4.69) is 11.9 Å². The number of carboxylic acids is 1. The van der Waals surface area contributed by atoms with Gasteiger partial charge in [-0.25, -0.2) is 0 Å². The van der Waals surface area contributed by atoms with E-state index in [0.717, 1.165) is 25.8 Å². The molecule has 1 atom stereocenters. The summed E-state index contributed by atoms with van der Waals surface area (Å²) in [4.78, 5) is 13.3. The lowest BCUT2D eigenvalue weighted by atomic mass is 9.88. The smallest absolute Gasteiger partial charge is 0.311 e. The van der Waals surface area contributed by atoms with E-state index < -0.39 is 5.97 Å². The fraction of sp³-hybridized carbons (Fsp3) is 0.900. The van der Waals surface area contributed by atoms with Crippen molar-refractivity contribution in [2.75, 3.05) is 13.6 Å². The summed E-state index contributed by atoms with van der Waals surface area (Å²) in [6.45, 7) is 1.07. The van der Waals surface area contributed by atoms with Crippen LogP contribution in [0.2, 0.25) is 0 Å². The summed E-state index contributed by atoms with van der Waals surface area (Å²) in [5.74, 6) is -0.578. The molecule has 2 fully saturated rings. The van der Waals surface area contributed by atoms with Gasteiger partial charge in [-0.15, -0.1) is 0 Å². The summed E-state index contributed by atoms with van der Waals surface area (Å²) in [5.41, 5.74) is -0.366. The maximum atomic E-state index is 11.1. The molecule has 2 rings (SSSR count). The molecule has 1 heterocycles. The number of carbonyl (C=O) groups is 1. The van der Waals surface area contributed by atoms with Crippen LogP contribution in [0.4, 0.5) is 0 Å². The van der Waals surface area contributed by atoms with Gasteiger partial charge < -0.3 is 10.0 Å². The van der Waals surface area contributed by atoms with E-state index >= 15 is 0 Å². The molecule has 0 aromatic heterocycles. The van der Waals surface area contributed by atoms with E-state index in [9.17, 15) is 4.79 Å². The van der Waals surface area contributed by atoms with Crippen molar-refractivity contribution >= 4 is 5.97 Å². The van der Waals surface area contributed by atoms with Crippen LogP contribution in [0.25, 0.3) is 0 Å². The van der Waals surface area contributed by atoms with Crippen molar-refractivity contribution in [3.05, 3.63) is 0 Å². The number of hydrogen-bond donors (Lipinski definition) is 1. The number of carboxylic acid groups (broad SMARTS) is 1. The van der Waals surface area contributed by atoms with Crippen molar-refractivity contribution in [2.45, 2.75) is 38.1 Å². The first-order valence-electron chi connectivity index (χ1n) is 5.10. The first kappa shape index (κ1) is 9.00. The zero-order chi connectivity index (χ0) is 9.47. The lowest BCUT2D eigenvalue weighted by Crippen LogP contribution is -2.45. The highest BCUT2D eigenvalue weighted by Crippen LogP contribution is 2.52. The van der Waals surface area contributed by atoms with E-state index in [-0.39, 0.29) is 5.41 Å². The molecule has 0 amide bonds. The minimum atomic E-state index is -0.578. The monoisotopic (exact) mass is 183 g/mol. The molecule has 1 aliphatic carbocycles. The number of piperidine rings is 1. The fourth-order valence-corrected chi connectivity index (χ4v) is 2.60. The molecule has 13 heavy (non-hydrogen) atoms. The molecule has 0 radical (unpaired) electrons. The predicted molar refractivity (Wildman–Crippen MR) is 49.6 cm³/mol. The van der Waals surface area contributed by atoms with Gasteiger partial charge in [0.1, 0.15) is 0 Å². The van der Waals surface area contributed by atoms with Crippen LogP contribution in [0.3, 0.4) is 0 Å². The van der Waals surface area contributed by atoms with E-state index in [1.54, 1.807) is 0 Å². The molecule has 74 valence electrons. The van der Waals surface area contributed by atoms with Gasteiger partial charge in [-0.05, 0) is 39.3 Å². The van der Waals surface area contributed by atoms with Gasteiger partial charge in [-0.2, -0.15) is 0 Å². The van der Waals surface area contributed by atoms with Crippen LogP contribution >= 0.6 is 0 Å². The summed E-state index contributed by atoms with van der Waals surface area (Å²) in [6.07, 6.45) is 5.27. The van der Waals surface area contributed by atoms with E-state index in [1.165, 1.54) is 12.8 Å². The molecule has 0 aromatic carbocycles. The van der Waals surface area contributed by atoms with Crippen molar-refractivity contribution in [2.24, 2.45) is 5.41 Å². The molecule has 1 N–H and O–H groups in total. The summed E-state index contributed by atoms with van der Waals surface area (Å²) in [6, 6.07) is 0.304. The minimum Gasteiger partial charge on any atom is -0.481 e. The lowest BCUT2D eigenvalue weighted by Gasteiger charge is -2.36. The third-order valence-corrected chi connectivity index (χ3v) is 3.62. The molecule has 1 saturated heterocycles. The molecular formula is C10H17NO2. The SMILES string of the molecule is CN1CCCCC1C1(C(=O)O)CC1. The molecular weight excluding hydrogens is 166 g/mol. The van der Waals surface area contributed by atoms with Crippen LogP contribution in [0, 0.1) is 5.41 Å². The number of aliphatic carboxylic acids is 1. The van der Waals surface area contributed by atoms with Crippen LogP contribution in [-0.4, -0.2) is 35.6 Å². The van der Waals surface area contributed by atoms with Crippen molar-refractivity contribution in [1.29, 1.82) is 0 Å². The van der Waals surface area contributed by atoms with Crippen LogP contribution in [0.15, 0.2) is 0 Å². The van der Waals surface area contributed by atoms with Gasteiger partial charge in [0.25, 0.3) is 0 Å². The number of nitrogens with zero attached hydrogens (tertiary/aromatic N) is 1. The average Bonchev–Trinajstić information content (AvgIpc) is 2.85. The summed E-state index contributed by atoms with van der Waals surface area (Å²) < 4.78 is 0. The van der Waals surface area contributed by atoms with Crippen LogP contribution < -0.4 is 0 Å². The molecule has 1 aliphatic heterocycles. The molecule has 1 unspecified atom stereocenters. The second-order valence-corrected chi connectivity index (χ2v) is 4.45. The molecule has 2 aliphatic rings. The quantitative estimate of drug-likeness (QED) is 0.702. The molecule has 0 aromatic rings. The number of likely N-dealkylation sites (tertiary alicyclic amines) is 1. The molecule has 3 heteroatoms. The lowest BCUT2D eigenvalue weighted by molar-refractivity contribution is -0.146. The second kappa shape index (κ2) is 2.98. The Hall–Kier alpha value is -0.570. The minimum absolute atomic E-state index is 0.304. The van der Waals surface area contributed by atoms with E-state index in [1.807, 2.05) is 0 Å². The van der Waals surface area contributed by atoms with Crippen molar-refractivity contribution in [1.82, 2.24) is 4.90 Å². The highest BCUT2D eigenvalue weighted by molar-refractivity contribution is 5.78. The highest BCUT2D eigenvalue weighted by atomic mass is 16.4. The van der Waals surface area contributed by atoms with E-state index in [4.69, 9.17) is 5.11 Å². The number of hydrogen-bond acceptors (Lipinski definition) is 2. The molecule has 0 spiro atoms. The highest BCUT2D eigenvalue weighted by Gasteiger charge is 2.57. The largest absolute Gasteiger partial charge is 0.481 e. The van der Waals surface area contributed by atoms with Gasteiger partial charge in [0.2, 0.25) is 0 Å². The zero-order valence-electron chi connectivity index (χ0n) is 8.12. The molecule has 3 nitrogen and oxygen atoms in total. The van der Waals surface area contributed by atoms with Gasteiger partial charge in [0, 0.05) is 6.04 Å².